The zero-order valence-electron chi connectivity index (χ0n) is 15.6. The first-order valence-electron chi connectivity index (χ1n) is 9.46. The number of nitrogens with one attached hydrogen (secondary N) is 2. The van der Waals surface area contributed by atoms with E-state index in [2.05, 4.69) is 9.97 Å². The molecule has 0 amide bonds. The van der Waals surface area contributed by atoms with Crippen molar-refractivity contribution in [3.8, 4) is 22.3 Å². The number of hydrogen-bond donors (Lipinski definition) is 3. The summed E-state index contributed by atoms with van der Waals surface area (Å²) in [5.41, 5.74) is 2.37. The van der Waals surface area contributed by atoms with Crippen molar-refractivity contribution in [3.63, 3.8) is 0 Å². The third-order valence-corrected chi connectivity index (χ3v) is 5.66. The molecule has 1 aliphatic rings. The molecule has 5 nitrogen and oxygen atoms in total. The van der Waals surface area contributed by atoms with Gasteiger partial charge in [0.1, 0.15) is 11.3 Å². The van der Waals surface area contributed by atoms with Crippen LogP contribution in [0.5, 0.6) is 0 Å². The standard InChI is InChI=1S/C23H16F2N2O3/c24-17-10-18-21(27-23(30)26-18)20(25)19(17)14-7-3-12(4-8-14)11-1-5-13(6-2-11)15-9-16(15)22(28)29/h1-8,10,15-16H,9H2,(H,28,29)(H2,26,27,30). The van der Waals surface area contributed by atoms with Crippen LogP contribution in [0.2, 0.25) is 0 Å². The number of imidazole rings is 1. The van der Waals surface area contributed by atoms with E-state index in [1.807, 2.05) is 24.3 Å². The third-order valence-electron chi connectivity index (χ3n) is 5.66. The SMILES string of the molecule is O=C(O)C1CC1c1ccc(-c2ccc(-c3c(F)cc4[nH]c(=O)[nH]c4c3F)cc2)cc1. The summed E-state index contributed by atoms with van der Waals surface area (Å²) < 4.78 is 29.3. The number of halogens is 2. The van der Waals surface area contributed by atoms with E-state index in [1.54, 1.807) is 24.3 Å². The lowest BCUT2D eigenvalue weighted by Crippen LogP contribution is -1.99. The molecule has 30 heavy (non-hydrogen) atoms. The molecule has 2 unspecified atom stereocenters. The molecule has 1 fully saturated rings. The van der Waals surface area contributed by atoms with Crippen LogP contribution in [0.4, 0.5) is 8.78 Å². The van der Waals surface area contributed by atoms with Crippen LogP contribution in [0.25, 0.3) is 33.3 Å². The molecule has 3 N–H and O–H groups in total. The van der Waals surface area contributed by atoms with Crippen molar-refractivity contribution in [2.45, 2.75) is 12.3 Å². The Hall–Kier alpha value is -3.74. The third kappa shape index (κ3) is 2.99. The molecule has 1 heterocycles. The number of rotatable bonds is 4. The van der Waals surface area contributed by atoms with Crippen molar-refractivity contribution < 1.29 is 18.7 Å². The number of aliphatic carboxylic acids is 1. The van der Waals surface area contributed by atoms with E-state index in [1.165, 1.54) is 0 Å². The maximum Gasteiger partial charge on any atom is 0.323 e. The Kier molecular flexibility index (Phi) is 4.06. The Labute approximate surface area is 169 Å². The molecule has 7 heteroatoms. The summed E-state index contributed by atoms with van der Waals surface area (Å²) >= 11 is 0. The van der Waals surface area contributed by atoms with Crippen molar-refractivity contribution in [1.82, 2.24) is 9.97 Å². The van der Waals surface area contributed by atoms with Gasteiger partial charge in [0, 0.05) is 6.07 Å². The molecule has 3 aromatic carbocycles. The summed E-state index contributed by atoms with van der Waals surface area (Å²) in [5, 5.41) is 9.06. The molecule has 0 radical (unpaired) electrons. The zero-order valence-corrected chi connectivity index (χ0v) is 15.6. The van der Waals surface area contributed by atoms with Crippen LogP contribution in [0, 0.1) is 17.6 Å². The van der Waals surface area contributed by atoms with Crippen LogP contribution in [0.3, 0.4) is 0 Å². The van der Waals surface area contributed by atoms with Crippen LogP contribution >= 0.6 is 0 Å². The minimum atomic E-state index is -0.821. The molecule has 1 aliphatic carbocycles. The largest absolute Gasteiger partial charge is 0.481 e. The van der Waals surface area contributed by atoms with Gasteiger partial charge in [-0.2, -0.15) is 0 Å². The van der Waals surface area contributed by atoms with E-state index >= 15 is 0 Å². The fourth-order valence-corrected chi connectivity index (χ4v) is 3.96. The summed E-state index contributed by atoms with van der Waals surface area (Å²) in [7, 11) is 0. The van der Waals surface area contributed by atoms with E-state index in [-0.39, 0.29) is 28.4 Å². The van der Waals surface area contributed by atoms with E-state index in [0.29, 0.717) is 12.0 Å². The average Bonchev–Trinajstić information content (AvgIpc) is 3.45. The lowest BCUT2D eigenvalue weighted by Gasteiger charge is -2.09. The second-order valence-electron chi connectivity index (χ2n) is 7.54. The van der Waals surface area contributed by atoms with Gasteiger partial charge in [0.25, 0.3) is 0 Å². The number of aromatic amines is 2. The van der Waals surface area contributed by atoms with Gasteiger partial charge in [-0.15, -0.1) is 0 Å². The lowest BCUT2D eigenvalue weighted by atomic mass is 9.98. The number of carboxylic acids is 1. The van der Waals surface area contributed by atoms with E-state index in [0.717, 1.165) is 22.8 Å². The number of hydrogen-bond acceptors (Lipinski definition) is 2. The Balaban J connectivity index is 1.44. The number of fused-ring (bicyclic) bond motifs is 1. The van der Waals surface area contributed by atoms with Crippen LogP contribution < -0.4 is 5.69 Å². The highest BCUT2D eigenvalue weighted by molar-refractivity contribution is 5.83. The summed E-state index contributed by atoms with van der Waals surface area (Å²) in [4.78, 5) is 27.1. The second-order valence-corrected chi connectivity index (χ2v) is 7.54. The maximum atomic E-state index is 14.8. The quantitative estimate of drug-likeness (QED) is 0.461. The van der Waals surface area contributed by atoms with Gasteiger partial charge in [0.15, 0.2) is 5.82 Å². The van der Waals surface area contributed by atoms with Gasteiger partial charge < -0.3 is 15.1 Å². The van der Waals surface area contributed by atoms with E-state index in [9.17, 15) is 18.4 Å². The Bertz CT molecular complexity index is 1340. The minimum Gasteiger partial charge on any atom is -0.481 e. The van der Waals surface area contributed by atoms with Crippen molar-refractivity contribution >= 4 is 17.0 Å². The summed E-state index contributed by atoms with van der Waals surface area (Å²) in [5.74, 6) is -2.57. The Morgan fingerprint density at radius 3 is 2.13 bits per heavy atom. The minimum absolute atomic E-state index is 0.0594. The molecule has 1 aromatic heterocycles. The summed E-state index contributed by atoms with van der Waals surface area (Å²) in [6, 6.07) is 15.6. The van der Waals surface area contributed by atoms with Crippen LogP contribution in [0.15, 0.2) is 59.4 Å². The Morgan fingerprint density at radius 1 is 0.933 bits per heavy atom. The molecule has 2 atom stereocenters. The molecule has 5 rings (SSSR count). The second kappa shape index (κ2) is 6.66. The number of carboxylic acid groups (broad SMARTS) is 1. The number of benzene rings is 3. The van der Waals surface area contributed by atoms with E-state index in [4.69, 9.17) is 5.11 Å². The predicted octanol–water partition coefficient (Wildman–Crippen LogP) is 4.66. The fraction of sp³-hybridized carbons (Fsp3) is 0.130. The highest BCUT2D eigenvalue weighted by atomic mass is 19.1. The first-order valence-corrected chi connectivity index (χ1v) is 9.46. The highest BCUT2D eigenvalue weighted by Gasteiger charge is 2.43. The van der Waals surface area contributed by atoms with Crippen molar-refractivity contribution in [1.29, 1.82) is 0 Å². The number of H-pyrrole nitrogens is 2. The molecule has 0 bridgehead atoms. The zero-order chi connectivity index (χ0) is 21.0. The van der Waals surface area contributed by atoms with Crippen LogP contribution in [-0.2, 0) is 4.79 Å². The maximum absolute atomic E-state index is 14.8. The normalized spacial score (nSPS) is 17.9. The monoisotopic (exact) mass is 406 g/mol. The van der Waals surface area contributed by atoms with Crippen LogP contribution in [-0.4, -0.2) is 21.0 Å². The van der Waals surface area contributed by atoms with Gasteiger partial charge in [0.05, 0.1) is 17.0 Å². The summed E-state index contributed by atoms with van der Waals surface area (Å²) in [6.07, 6.45) is 0.664. The van der Waals surface area contributed by atoms with Gasteiger partial charge >= 0.3 is 11.7 Å². The topological polar surface area (TPSA) is 85.9 Å². The predicted molar refractivity (Wildman–Crippen MR) is 108 cm³/mol. The molecule has 4 aromatic rings. The van der Waals surface area contributed by atoms with Gasteiger partial charge in [-0.1, -0.05) is 48.5 Å². The smallest absolute Gasteiger partial charge is 0.323 e. The number of carbonyl (C=O) groups is 1. The van der Waals surface area contributed by atoms with Crippen LogP contribution in [0.1, 0.15) is 17.9 Å². The molecular weight excluding hydrogens is 390 g/mol. The molecule has 0 spiro atoms. The number of aromatic nitrogens is 2. The molecule has 150 valence electrons. The molecule has 0 aliphatic heterocycles. The first-order chi connectivity index (χ1) is 14.4. The lowest BCUT2D eigenvalue weighted by molar-refractivity contribution is -0.138. The fourth-order valence-electron chi connectivity index (χ4n) is 3.96. The van der Waals surface area contributed by atoms with E-state index < -0.39 is 23.3 Å². The molecule has 0 saturated heterocycles. The van der Waals surface area contributed by atoms with Gasteiger partial charge in [-0.25, -0.2) is 13.6 Å². The first kappa shape index (κ1) is 18.3. The van der Waals surface area contributed by atoms with Crippen molar-refractivity contribution in [2.75, 3.05) is 0 Å². The summed E-state index contributed by atoms with van der Waals surface area (Å²) in [6.45, 7) is 0. The Morgan fingerprint density at radius 2 is 1.53 bits per heavy atom. The van der Waals surface area contributed by atoms with Gasteiger partial charge in [-0.3, -0.25) is 4.79 Å². The van der Waals surface area contributed by atoms with Gasteiger partial charge in [-0.05, 0) is 34.6 Å². The molecular formula is C23H16F2N2O3. The highest BCUT2D eigenvalue weighted by Crippen LogP contribution is 2.47. The average molecular weight is 406 g/mol. The van der Waals surface area contributed by atoms with Crippen molar-refractivity contribution in [3.05, 3.63) is 82.3 Å². The van der Waals surface area contributed by atoms with Gasteiger partial charge in [0.2, 0.25) is 0 Å². The van der Waals surface area contributed by atoms with Crippen molar-refractivity contribution in [2.24, 2.45) is 5.92 Å². The molecule has 1 saturated carbocycles.